The topological polar surface area (TPSA) is 79.0 Å². The number of rotatable bonds is 4. The average Bonchev–Trinajstić information content (AvgIpc) is 3.01. The Bertz CT molecular complexity index is 670. The number of sulfonamides is 1. The summed E-state index contributed by atoms with van der Waals surface area (Å²) in [6, 6.07) is 5.19. The minimum Gasteiger partial charge on any atom is -0.283 e. The lowest BCUT2D eigenvalue weighted by Crippen LogP contribution is -2.40. The van der Waals surface area contributed by atoms with Crippen LogP contribution in [0, 0.1) is 5.92 Å². The van der Waals surface area contributed by atoms with Gasteiger partial charge in [-0.25, -0.2) is 8.42 Å². The van der Waals surface area contributed by atoms with Crippen molar-refractivity contribution in [2.45, 2.75) is 24.2 Å². The zero-order chi connectivity index (χ0) is 14.7. The van der Waals surface area contributed by atoms with Gasteiger partial charge in [-0.05, 0) is 43.4 Å². The number of nitrogens with zero attached hydrogens (tertiary/aromatic N) is 3. The highest BCUT2D eigenvalue weighted by molar-refractivity contribution is 7.89. The zero-order valence-electron chi connectivity index (χ0n) is 11.6. The summed E-state index contributed by atoms with van der Waals surface area (Å²) in [5.41, 5.74) is 1.06. The van der Waals surface area contributed by atoms with Crippen molar-refractivity contribution in [3.8, 4) is 0 Å². The third-order valence-corrected chi connectivity index (χ3v) is 5.67. The van der Waals surface area contributed by atoms with E-state index in [-0.39, 0.29) is 4.90 Å². The van der Waals surface area contributed by atoms with E-state index >= 15 is 0 Å². The molecule has 6 nitrogen and oxygen atoms in total. The molecule has 0 unspecified atom stereocenters. The Morgan fingerprint density at radius 1 is 1.33 bits per heavy atom. The van der Waals surface area contributed by atoms with Crippen molar-refractivity contribution in [2.75, 3.05) is 13.1 Å². The van der Waals surface area contributed by atoms with Gasteiger partial charge in [0, 0.05) is 37.4 Å². The molecule has 1 atom stereocenters. The molecule has 0 aliphatic carbocycles. The smallest absolute Gasteiger partial charge is 0.244 e. The van der Waals surface area contributed by atoms with Gasteiger partial charge in [-0.15, -0.1) is 0 Å². The molecule has 1 fully saturated rings. The molecule has 1 N–H and O–H groups in total. The van der Waals surface area contributed by atoms with Crippen molar-refractivity contribution in [1.29, 1.82) is 0 Å². The molecule has 1 saturated heterocycles. The van der Waals surface area contributed by atoms with E-state index in [9.17, 15) is 8.42 Å². The number of hydrogen-bond acceptors (Lipinski definition) is 4. The van der Waals surface area contributed by atoms with Crippen molar-refractivity contribution in [3.63, 3.8) is 0 Å². The second-order valence-corrected chi connectivity index (χ2v) is 7.28. The quantitative estimate of drug-likeness (QED) is 0.927. The Hall–Kier alpha value is -1.73. The van der Waals surface area contributed by atoms with Gasteiger partial charge in [-0.1, -0.05) is 0 Å². The third kappa shape index (κ3) is 3.14. The zero-order valence-corrected chi connectivity index (χ0v) is 12.5. The Morgan fingerprint density at radius 3 is 2.95 bits per heavy atom. The standard InChI is InChI=1S/C14H18N4O2S/c19-21(20,14-4-1-6-15-10-14)18-8-2-3-12(11-18)9-13-5-7-16-17-13/h1,4-7,10,12H,2-3,8-9,11H2,(H,16,17)/t12-/m0/s1. The van der Waals surface area contributed by atoms with Gasteiger partial charge >= 0.3 is 0 Å². The molecule has 1 aliphatic rings. The first-order valence-electron chi connectivity index (χ1n) is 7.05. The minimum atomic E-state index is -3.43. The minimum absolute atomic E-state index is 0.271. The summed E-state index contributed by atoms with van der Waals surface area (Å²) in [4.78, 5) is 4.18. The van der Waals surface area contributed by atoms with E-state index in [4.69, 9.17) is 0 Å². The maximum atomic E-state index is 12.6. The molecule has 112 valence electrons. The van der Waals surface area contributed by atoms with E-state index in [2.05, 4.69) is 15.2 Å². The average molecular weight is 306 g/mol. The maximum absolute atomic E-state index is 12.6. The van der Waals surface area contributed by atoms with Gasteiger partial charge in [0.05, 0.1) is 0 Å². The molecular formula is C14H18N4O2S. The lowest BCUT2D eigenvalue weighted by Gasteiger charge is -2.31. The van der Waals surface area contributed by atoms with Crippen LogP contribution in [0.4, 0.5) is 0 Å². The number of pyridine rings is 1. The first-order chi connectivity index (χ1) is 10.2. The highest BCUT2D eigenvalue weighted by Gasteiger charge is 2.30. The van der Waals surface area contributed by atoms with Crippen molar-refractivity contribution in [3.05, 3.63) is 42.5 Å². The van der Waals surface area contributed by atoms with E-state index < -0.39 is 10.0 Å². The second kappa shape index (κ2) is 5.95. The SMILES string of the molecule is O=S(=O)(c1cccnc1)N1CCC[C@@H](Cc2ccn[nH]2)C1. The van der Waals surface area contributed by atoms with E-state index in [0.717, 1.165) is 25.0 Å². The summed E-state index contributed by atoms with van der Waals surface area (Å²) in [6.45, 7) is 1.13. The van der Waals surface area contributed by atoms with Gasteiger partial charge in [0.15, 0.2) is 0 Å². The first-order valence-corrected chi connectivity index (χ1v) is 8.49. The molecule has 0 amide bonds. The largest absolute Gasteiger partial charge is 0.283 e. The molecule has 21 heavy (non-hydrogen) atoms. The Labute approximate surface area is 124 Å². The van der Waals surface area contributed by atoms with Crippen LogP contribution in [0.25, 0.3) is 0 Å². The van der Waals surface area contributed by atoms with Crippen LogP contribution in [-0.2, 0) is 16.4 Å². The molecule has 0 radical (unpaired) electrons. The number of nitrogens with one attached hydrogen (secondary N) is 1. The number of H-pyrrole nitrogens is 1. The molecule has 0 spiro atoms. The summed E-state index contributed by atoms with van der Waals surface area (Å²) in [5.74, 6) is 0.325. The monoisotopic (exact) mass is 306 g/mol. The van der Waals surface area contributed by atoms with E-state index in [0.29, 0.717) is 19.0 Å². The molecule has 3 heterocycles. The van der Waals surface area contributed by atoms with E-state index in [1.165, 1.54) is 6.20 Å². The van der Waals surface area contributed by atoms with Crippen LogP contribution in [0.1, 0.15) is 18.5 Å². The van der Waals surface area contributed by atoms with Gasteiger partial charge in [0.25, 0.3) is 0 Å². The summed E-state index contributed by atoms with van der Waals surface area (Å²) < 4.78 is 26.8. The number of aromatic nitrogens is 3. The fourth-order valence-electron chi connectivity index (χ4n) is 2.77. The molecule has 7 heteroatoms. The fraction of sp³-hybridized carbons (Fsp3) is 0.429. The molecule has 1 aliphatic heterocycles. The highest BCUT2D eigenvalue weighted by Crippen LogP contribution is 2.25. The van der Waals surface area contributed by atoms with Gasteiger partial charge in [-0.2, -0.15) is 9.40 Å². The van der Waals surface area contributed by atoms with Crippen molar-refractivity contribution in [1.82, 2.24) is 19.5 Å². The summed E-state index contributed by atoms with van der Waals surface area (Å²) in [5, 5.41) is 6.88. The van der Waals surface area contributed by atoms with Crippen LogP contribution in [0.5, 0.6) is 0 Å². The van der Waals surface area contributed by atoms with Gasteiger partial charge in [-0.3, -0.25) is 10.1 Å². The lowest BCUT2D eigenvalue weighted by molar-refractivity contribution is 0.264. The Kier molecular flexibility index (Phi) is 4.03. The normalized spacial score (nSPS) is 20.5. The van der Waals surface area contributed by atoms with Crippen LogP contribution in [0.3, 0.4) is 0 Å². The van der Waals surface area contributed by atoms with Gasteiger partial charge in [0.2, 0.25) is 10.0 Å². The second-order valence-electron chi connectivity index (χ2n) is 5.35. The van der Waals surface area contributed by atoms with Gasteiger partial charge < -0.3 is 0 Å². The number of hydrogen-bond donors (Lipinski definition) is 1. The van der Waals surface area contributed by atoms with Crippen molar-refractivity contribution < 1.29 is 8.42 Å². The maximum Gasteiger partial charge on any atom is 0.244 e. The van der Waals surface area contributed by atoms with Crippen LogP contribution in [-0.4, -0.2) is 41.0 Å². The third-order valence-electron chi connectivity index (χ3n) is 3.82. The fourth-order valence-corrected chi connectivity index (χ4v) is 4.29. The van der Waals surface area contributed by atoms with Crippen LogP contribution in [0.2, 0.25) is 0 Å². The molecule has 2 aromatic heterocycles. The lowest BCUT2D eigenvalue weighted by atomic mass is 9.95. The van der Waals surface area contributed by atoms with E-state index in [1.807, 2.05) is 6.07 Å². The molecule has 0 bridgehead atoms. The van der Waals surface area contributed by atoms with Crippen LogP contribution in [0.15, 0.2) is 41.7 Å². The van der Waals surface area contributed by atoms with Gasteiger partial charge in [0.1, 0.15) is 4.90 Å². The first kappa shape index (κ1) is 14.2. The Morgan fingerprint density at radius 2 is 2.24 bits per heavy atom. The summed E-state index contributed by atoms with van der Waals surface area (Å²) in [7, 11) is -3.43. The summed E-state index contributed by atoms with van der Waals surface area (Å²) >= 11 is 0. The number of piperidine rings is 1. The predicted octanol–water partition coefficient (Wildman–Crippen LogP) is 1.45. The molecule has 0 saturated carbocycles. The molecule has 3 rings (SSSR count). The molecular weight excluding hydrogens is 288 g/mol. The molecule has 2 aromatic rings. The number of aromatic amines is 1. The van der Waals surface area contributed by atoms with Crippen molar-refractivity contribution in [2.24, 2.45) is 5.92 Å². The Balaban J connectivity index is 1.74. The van der Waals surface area contributed by atoms with Crippen molar-refractivity contribution >= 4 is 10.0 Å². The van der Waals surface area contributed by atoms with Crippen LogP contribution >= 0.6 is 0 Å². The van der Waals surface area contributed by atoms with E-state index in [1.54, 1.807) is 28.8 Å². The van der Waals surface area contributed by atoms with Crippen LogP contribution < -0.4 is 0 Å². The predicted molar refractivity (Wildman–Crippen MR) is 78.0 cm³/mol. The molecule has 0 aromatic carbocycles. The highest BCUT2D eigenvalue weighted by atomic mass is 32.2. The summed E-state index contributed by atoms with van der Waals surface area (Å²) in [6.07, 6.45) is 7.47.